The first kappa shape index (κ1) is 17.9. The van der Waals surface area contributed by atoms with Gasteiger partial charge in [-0.3, -0.25) is 4.90 Å². The minimum atomic E-state index is 0.171. The van der Waals surface area contributed by atoms with E-state index in [2.05, 4.69) is 52.8 Å². The number of hydrogen-bond donors (Lipinski definition) is 2. The number of morpholine rings is 1. The van der Waals surface area contributed by atoms with Gasteiger partial charge in [0, 0.05) is 24.8 Å². The molecule has 2 aromatic rings. The normalized spacial score (nSPS) is 17.5. The number of nitrogens with zero attached hydrogens (tertiary/aromatic N) is 1. The van der Waals surface area contributed by atoms with Crippen LogP contribution >= 0.6 is 12.2 Å². The van der Waals surface area contributed by atoms with E-state index in [-0.39, 0.29) is 12.1 Å². The van der Waals surface area contributed by atoms with Gasteiger partial charge >= 0.3 is 0 Å². The van der Waals surface area contributed by atoms with E-state index in [4.69, 9.17) is 17.0 Å². The van der Waals surface area contributed by atoms with Crippen molar-refractivity contribution in [3.63, 3.8) is 0 Å². The van der Waals surface area contributed by atoms with Crippen LogP contribution in [0.4, 0.5) is 5.69 Å². The molecule has 0 aromatic heterocycles. The number of anilines is 1. The standard InChI is InChI=1S/C20H25N3OS/c1-16(21-20(25)22-18-10-6-3-7-11-18)19(17-8-4-2-5-9-17)23-12-14-24-15-13-23/h2-11,16,19H,12-15H2,1H3,(H2,21,22,25)/t16-,19-/m0/s1. The third kappa shape index (κ3) is 5.01. The summed E-state index contributed by atoms with van der Waals surface area (Å²) < 4.78 is 5.53. The average molecular weight is 356 g/mol. The summed E-state index contributed by atoms with van der Waals surface area (Å²) in [5.74, 6) is 0. The van der Waals surface area contributed by atoms with Crippen molar-refractivity contribution in [2.75, 3.05) is 31.6 Å². The quantitative estimate of drug-likeness (QED) is 0.804. The van der Waals surface area contributed by atoms with Crippen molar-refractivity contribution < 1.29 is 4.74 Å². The molecule has 0 bridgehead atoms. The zero-order chi connectivity index (χ0) is 17.5. The fraction of sp³-hybridized carbons (Fsp3) is 0.350. The van der Waals surface area contributed by atoms with Crippen LogP contribution in [0.1, 0.15) is 18.5 Å². The molecule has 1 saturated heterocycles. The fourth-order valence-electron chi connectivity index (χ4n) is 3.30. The van der Waals surface area contributed by atoms with Crippen LogP contribution in [0.2, 0.25) is 0 Å². The zero-order valence-corrected chi connectivity index (χ0v) is 15.3. The largest absolute Gasteiger partial charge is 0.379 e. The smallest absolute Gasteiger partial charge is 0.171 e. The SMILES string of the molecule is C[C@H](NC(=S)Nc1ccccc1)[C@@H](c1ccccc1)N1CCOCC1. The third-order valence-corrected chi connectivity index (χ3v) is 4.66. The van der Waals surface area contributed by atoms with Crippen LogP contribution < -0.4 is 10.6 Å². The lowest BCUT2D eigenvalue weighted by Gasteiger charge is -2.38. The number of hydrogen-bond acceptors (Lipinski definition) is 3. The lowest BCUT2D eigenvalue weighted by Crippen LogP contribution is -2.49. The number of rotatable bonds is 5. The topological polar surface area (TPSA) is 36.5 Å². The number of nitrogens with one attached hydrogen (secondary N) is 2. The van der Waals surface area contributed by atoms with Crippen molar-refractivity contribution in [3.05, 3.63) is 66.2 Å². The molecule has 1 aliphatic heterocycles. The van der Waals surface area contributed by atoms with Gasteiger partial charge in [0.15, 0.2) is 5.11 Å². The highest BCUT2D eigenvalue weighted by Gasteiger charge is 2.28. The van der Waals surface area contributed by atoms with Gasteiger partial charge < -0.3 is 15.4 Å². The molecule has 2 aromatic carbocycles. The van der Waals surface area contributed by atoms with E-state index in [9.17, 15) is 0 Å². The lowest BCUT2D eigenvalue weighted by atomic mass is 9.98. The van der Waals surface area contributed by atoms with Gasteiger partial charge in [-0.05, 0) is 36.8 Å². The number of benzene rings is 2. The van der Waals surface area contributed by atoms with E-state index in [1.54, 1.807) is 0 Å². The highest BCUT2D eigenvalue weighted by molar-refractivity contribution is 7.80. The van der Waals surface area contributed by atoms with Crippen LogP contribution in [0.15, 0.2) is 60.7 Å². The van der Waals surface area contributed by atoms with E-state index in [0.29, 0.717) is 5.11 Å². The van der Waals surface area contributed by atoms with Gasteiger partial charge in [-0.25, -0.2) is 0 Å². The minimum absolute atomic E-state index is 0.171. The third-order valence-electron chi connectivity index (χ3n) is 4.44. The van der Waals surface area contributed by atoms with E-state index >= 15 is 0 Å². The summed E-state index contributed by atoms with van der Waals surface area (Å²) >= 11 is 5.52. The number of ether oxygens (including phenoxy) is 1. The first-order valence-electron chi connectivity index (χ1n) is 8.73. The van der Waals surface area contributed by atoms with Gasteiger partial charge in [0.1, 0.15) is 0 Å². The molecular formula is C20H25N3OS. The van der Waals surface area contributed by atoms with E-state index in [0.717, 1.165) is 32.0 Å². The lowest BCUT2D eigenvalue weighted by molar-refractivity contribution is 0.0102. The molecule has 0 radical (unpaired) electrons. The Morgan fingerprint density at radius 1 is 1.00 bits per heavy atom. The van der Waals surface area contributed by atoms with Crippen molar-refractivity contribution in [2.45, 2.75) is 19.0 Å². The molecule has 2 N–H and O–H groups in total. The first-order valence-corrected chi connectivity index (χ1v) is 9.14. The Labute approximate surface area is 155 Å². The molecule has 0 spiro atoms. The van der Waals surface area contributed by atoms with Gasteiger partial charge in [-0.1, -0.05) is 48.5 Å². The second-order valence-corrected chi connectivity index (χ2v) is 6.67. The van der Waals surface area contributed by atoms with Crippen molar-refractivity contribution >= 4 is 23.0 Å². The Morgan fingerprint density at radius 3 is 2.24 bits per heavy atom. The van der Waals surface area contributed by atoms with Crippen LogP contribution in [0.3, 0.4) is 0 Å². The van der Waals surface area contributed by atoms with Crippen LogP contribution in [-0.4, -0.2) is 42.4 Å². The summed E-state index contributed by atoms with van der Waals surface area (Å²) in [5, 5.41) is 7.37. The average Bonchev–Trinajstić information content (AvgIpc) is 2.64. The molecule has 1 fully saturated rings. The monoisotopic (exact) mass is 355 g/mol. The molecule has 1 heterocycles. The highest BCUT2D eigenvalue weighted by atomic mass is 32.1. The minimum Gasteiger partial charge on any atom is -0.379 e. The van der Waals surface area contributed by atoms with Gasteiger partial charge in [-0.15, -0.1) is 0 Å². The molecule has 4 nitrogen and oxygen atoms in total. The maximum Gasteiger partial charge on any atom is 0.171 e. The van der Waals surface area contributed by atoms with Gasteiger partial charge in [-0.2, -0.15) is 0 Å². The molecule has 0 saturated carbocycles. The van der Waals surface area contributed by atoms with Crippen molar-refractivity contribution in [3.8, 4) is 0 Å². The molecule has 1 aliphatic rings. The molecule has 132 valence electrons. The van der Waals surface area contributed by atoms with Crippen molar-refractivity contribution in [1.29, 1.82) is 0 Å². The molecule has 3 rings (SSSR count). The fourth-order valence-corrected chi connectivity index (χ4v) is 3.60. The Balaban J connectivity index is 1.70. The predicted octanol–water partition coefficient (Wildman–Crippen LogP) is 3.44. The molecular weight excluding hydrogens is 330 g/mol. The second-order valence-electron chi connectivity index (χ2n) is 6.26. The number of thiocarbonyl (C=S) groups is 1. The summed E-state index contributed by atoms with van der Waals surface area (Å²) in [6.45, 7) is 5.62. The molecule has 2 atom stereocenters. The Kier molecular flexibility index (Phi) is 6.39. The van der Waals surface area contributed by atoms with Crippen LogP contribution in [0, 0.1) is 0 Å². The maximum absolute atomic E-state index is 5.53. The van der Waals surface area contributed by atoms with Crippen molar-refractivity contribution in [1.82, 2.24) is 10.2 Å². The predicted molar refractivity (Wildman–Crippen MR) is 107 cm³/mol. The zero-order valence-electron chi connectivity index (χ0n) is 14.5. The van der Waals surface area contributed by atoms with E-state index < -0.39 is 0 Å². The summed E-state index contributed by atoms with van der Waals surface area (Å²) in [7, 11) is 0. The molecule has 0 unspecified atom stereocenters. The highest BCUT2D eigenvalue weighted by Crippen LogP contribution is 2.25. The van der Waals surface area contributed by atoms with Crippen LogP contribution in [0.5, 0.6) is 0 Å². The first-order chi connectivity index (χ1) is 12.2. The van der Waals surface area contributed by atoms with Gasteiger partial charge in [0.05, 0.1) is 19.3 Å². The van der Waals surface area contributed by atoms with Crippen LogP contribution in [-0.2, 0) is 4.74 Å². The Bertz CT molecular complexity index is 659. The summed E-state index contributed by atoms with van der Waals surface area (Å²) in [6, 6.07) is 21.0. The summed E-state index contributed by atoms with van der Waals surface area (Å²) in [6.07, 6.45) is 0. The molecule has 5 heteroatoms. The van der Waals surface area contributed by atoms with Gasteiger partial charge in [0.25, 0.3) is 0 Å². The Hall–Kier alpha value is -1.95. The van der Waals surface area contributed by atoms with Crippen LogP contribution in [0.25, 0.3) is 0 Å². The second kappa shape index (κ2) is 8.94. The van der Waals surface area contributed by atoms with Gasteiger partial charge in [0.2, 0.25) is 0 Å². The Morgan fingerprint density at radius 2 is 1.60 bits per heavy atom. The summed E-state index contributed by atoms with van der Waals surface area (Å²) in [4.78, 5) is 2.47. The molecule has 0 aliphatic carbocycles. The maximum atomic E-state index is 5.53. The summed E-state index contributed by atoms with van der Waals surface area (Å²) in [5.41, 5.74) is 2.29. The number of para-hydroxylation sites is 1. The van der Waals surface area contributed by atoms with Crippen molar-refractivity contribution in [2.24, 2.45) is 0 Å². The molecule has 0 amide bonds. The van der Waals surface area contributed by atoms with E-state index in [1.807, 2.05) is 30.3 Å². The molecule has 25 heavy (non-hydrogen) atoms. The van der Waals surface area contributed by atoms with E-state index in [1.165, 1.54) is 5.56 Å².